The number of benzene rings is 1. The van der Waals surface area contributed by atoms with Crippen molar-refractivity contribution in [2.24, 2.45) is 0 Å². The summed E-state index contributed by atoms with van der Waals surface area (Å²) in [6, 6.07) is 14.4. The number of rotatable bonds is 8. The van der Waals surface area contributed by atoms with Crippen LogP contribution in [0.4, 0.5) is 0 Å². The summed E-state index contributed by atoms with van der Waals surface area (Å²) in [5.41, 5.74) is 2.23. The number of carbonyl (C=O) groups is 1. The van der Waals surface area contributed by atoms with E-state index in [2.05, 4.69) is 35.5 Å². The molecule has 2 heterocycles. The molecule has 28 heavy (non-hydrogen) atoms. The highest BCUT2D eigenvalue weighted by Gasteiger charge is 2.21. The minimum atomic E-state index is -0.268. The monoisotopic (exact) mass is 395 g/mol. The van der Waals surface area contributed by atoms with Gasteiger partial charge < -0.3 is 9.30 Å². The van der Waals surface area contributed by atoms with Crippen LogP contribution >= 0.6 is 11.8 Å². The molecule has 0 aliphatic carbocycles. The van der Waals surface area contributed by atoms with E-state index < -0.39 is 0 Å². The molecule has 0 radical (unpaired) electrons. The molecule has 2 aromatic heterocycles. The van der Waals surface area contributed by atoms with E-state index in [1.54, 1.807) is 24.2 Å². The highest BCUT2D eigenvalue weighted by Crippen LogP contribution is 2.35. The van der Waals surface area contributed by atoms with Crippen LogP contribution in [0.3, 0.4) is 0 Å². The van der Waals surface area contributed by atoms with Crippen LogP contribution in [0.15, 0.2) is 64.8 Å². The number of pyridine rings is 1. The molecule has 0 fully saturated rings. The summed E-state index contributed by atoms with van der Waals surface area (Å²) in [7, 11) is 0. The maximum absolute atomic E-state index is 11.2. The molecule has 0 bridgehead atoms. The van der Waals surface area contributed by atoms with Gasteiger partial charge in [-0.05, 0) is 35.7 Å². The predicted molar refractivity (Wildman–Crippen MR) is 111 cm³/mol. The van der Waals surface area contributed by atoms with E-state index in [0.29, 0.717) is 19.6 Å². The van der Waals surface area contributed by atoms with Gasteiger partial charge in [0.05, 0.1) is 12.3 Å². The van der Waals surface area contributed by atoms with Gasteiger partial charge in [-0.15, -0.1) is 0 Å². The molecular formula is C22H25N3O2S. The van der Waals surface area contributed by atoms with Crippen molar-refractivity contribution in [2.75, 3.05) is 6.61 Å². The number of esters is 1. The van der Waals surface area contributed by atoms with Gasteiger partial charge in [0.1, 0.15) is 10.9 Å². The highest BCUT2D eigenvalue weighted by molar-refractivity contribution is 7.99. The average Bonchev–Trinajstić information content (AvgIpc) is 3.01. The van der Waals surface area contributed by atoms with Crippen molar-refractivity contribution < 1.29 is 9.53 Å². The molecule has 0 aliphatic heterocycles. The van der Waals surface area contributed by atoms with Crippen LogP contribution in [0, 0.1) is 0 Å². The van der Waals surface area contributed by atoms with Crippen LogP contribution in [0.2, 0.25) is 0 Å². The second kappa shape index (κ2) is 9.55. The van der Waals surface area contributed by atoms with Gasteiger partial charge in [0.15, 0.2) is 0 Å². The van der Waals surface area contributed by atoms with Gasteiger partial charge in [-0.1, -0.05) is 43.8 Å². The van der Waals surface area contributed by atoms with Crippen LogP contribution in [-0.2, 0) is 22.5 Å². The highest BCUT2D eigenvalue weighted by atomic mass is 32.2. The number of imidazole rings is 1. The summed E-state index contributed by atoms with van der Waals surface area (Å²) in [5, 5.41) is 1.14. The van der Waals surface area contributed by atoms with E-state index in [4.69, 9.17) is 9.72 Å². The van der Waals surface area contributed by atoms with Crippen LogP contribution in [-0.4, -0.2) is 27.1 Å². The van der Waals surface area contributed by atoms with Crippen molar-refractivity contribution in [3.63, 3.8) is 0 Å². The standard InChI is InChI=1S/C22H25N3O2S/c1-16(2)21-22(28-19-7-5-4-6-8-19)25(15-18-9-12-23-13-10-18)20(24-21)11-14-27-17(3)26/h4-10,12-13,16H,11,14-15H2,1-3H3. The third-order valence-electron chi connectivity index (χ3n) is 4.25. The Labute approximate surface area is 170 Å². The summed E-state index contributed by atoms with van der Waals surface area (Å²) >= 11 is 1.73. The summed E-state index contributed by atoms with van der Waals surface area (Å²) in [6.45, 7) is 6.77. The number of aromatic nitrogens is 3. The summed E-state index contributed by atoms with van der Waals surface area (Å²) < 4.78 is 7.41. The molecule has 0 unspecified atom stereocenters. The fourth-order valence-corrected chi connectivity index (χ4v) is 4.08. The molecule has 0 atom stereocenters. The van der Waals surface area contributed by atoms with E-state index in [-0.39, 0.29) is 11.9 Å². The molecule has 3 aromatic rings. The maximum Gasteiger partial charge on any atom is 0.302 e. The van der Waals surface area contributed by atoms with Gasteiger partial charge in [0, 0.05) is 37.2 Å². The smallest absolute Gasteiger partial charge is 0.302 e. The summed E-state index contributed by atoms with van der Waals surface area (Å²) in [4.78, 5) is 21.4. The second-order valence-electron chi connectivity index (χ2n) is 6.82. The fraction of sp³-hybridized carbons (Fsp3) is 0.318. The average molecular weight is 396 g/mol. The van der Waals surface area contributed by atoms with Crippen molar-refractivity contribution in [1.29, 1.82) is 0 Å². The van der Waals surface area contributed by atoms with E-state index >= 15 is 0 Å². The van der Waals surface area contributed by atoms with Gasteiger partial charge >= 0.3 is 5.97 Å². The first-order chi connectivity index (χ1) is 13.5. The van der Waals surface area contributed by atoms with Crippen molar-refractivity contribution in [1.82, 2.24) is 14.5 Å². The largest absolute Gasteiger partial charge is 0.465 e. The zero-order valence-electron chi connectivity index (χ0n) is 16.5. The third kappa shape index (κ3) is 5.23. The molecule has 1 aromatic carbocycles. The Hall–Kier alpha value is -2.60. The zero-order valence-corrected chi connectivity index (χ0v) is 17.3. The lowest BCUT2D eigenvalue weighted by Crippen LogP contribution is -2.11. The molecule has 0 spiro atoms. The molecule has 0 aliphatic rings. The van der Waals surface area contributed by atoms with Gasteiger partial charge in [-0.25, -0.2) is 4.98 Å². The van der Waals surface area contributed by atoms with Crippen LogP contribution in [0.25, 0.3) is 0 Å². The summed E-state index contributed by atoms with van der Waals surface area (Å²) in [6.07, 6.45) is 4.19. The molecule has 0 saturated carbocycles. The quantitative estimate of drug-likeness (QED) is 0.517. The third-order valence-corrected chi connectivity index (χ3v) is 5.38. The number of carbonyl (C=O) groups excluding carboxylic acids is 1. The Morgan fingerprint density at radius 3 is 2.50 bits per heavy atom. The second-order valence-corrected chi connectivity index (χ2v) is 7.88. The van der Waals surface area contributed by atoms with E-state index in [9.17, 15) is 4.79 Å². The van der Waals surface area contributed by atoms with Crippen LogP contribution in [0.5, 0.6) is 0 Å². The van der Waals surface area contributed by atoms with Gasteiger partial charge in [0.2, 0.25) is 0 Å². The molecular weight excluding hydrogens is 370 g/mol. The molecule has 6 heteroatoms. The Morgan fingerprint density at radius 1 is 1.14 bits per heavy atom. The van der Waals surface area contributed by atoms with E-state index in [0.717, 1.165) is 22.1 Å². The minimum absolute atomic E-state index is 0.268. The van der Waals surface area contributed by atoms with Gasteiger partial charge in [-0.3, -0.25) is 9.78 Å². The Kier molecular flexibility index (Phi) is 6.87. The lowest BCUT2D eigenvalue weighted by atomic mass is 10.1. The Bertz CT molecular complexity index is 908. The first kappa shape index (κ1) is 20.1. The van der Waals surface area contributed by atoms with Crippen LogP contribution in [0.1, 0.15) is 43.8 Å². The summed E-state index contributed by atoms with van der Waals surface area (Å²) in [5.74, 6) is 0.952. The van der Waals surface area contributed by atoms with Crippen molar-refractivity contribution in [2.45, 2.75) is 49.6 Å². The van der Waals surface area contributed by atoms with Crippen LogP contribution < -0.4 is 0 Å². The molecule has 0 saturated heterocycles. The Morgan fingerprint density at radius 2 is 1.86 bits per heavy atom. The molecule has 3 rings (SSSR count). The topological polar surface area (TPSA) is 57.0 Å². The maximum atomic E-state index is 11.2. The molecule has 0 amide bonds. The zero-order chi connectivity index (χ0) is 19.9. The number of nitrogens with zero attached hydrogens (tertiary/aromatic N) is 3. The van der Waals surface area contributed by atoms with E-state index in [1.165, 1.54) is 11.8 Å². The normalized spacial score (nSPS) is 11.0. The first-order valence-electron chi connectivity index (χ1n) is 9.39. The first-order valence-corrected chi connectivity index (χ1v) is 10.2. The minimum Gasteiger partial charge on any atom is -0.465 e. The fourth-order valence-electron chi connectivity index (χ4n) is 2.90. The van der Waals surface area contributed by atoms with Crippen molar-refractivity contribution in [3.05, 3.63) is 71.9 Å². The Balaban J connectivity index is 2.00. The lowest BCUT2D eigenvalue weighted by molar-refractivity contribution is -0.140. The predicted octanol–water partition coefficient (Wildman–Crippen LogP) is 4.71. The van der Waals surface area contributed by atoms with E-state index in [1.807, 2.05) is 30.3 Å². The number of hydrogen-bond donors (Lipinski definition) is 0. The van der Waals surface area contributed by atoms with Gasteiger partial charge in [-0.2, -0.15) is 0 Å². The number of ether oxygens (including phenoxy) is 1. The van der Waals surface area contributed by atoms with Gasteiger partial charge in [0.25, 0.3) is 0 Å². The molecule has 0 N–H and O–H groups in total. The molecule has 5 nitrogen and oxygen atoms in total. The van der Waals surface area contributed by atoms with Crippen molar-refractivity contribution in [3.8, 4) is 0 Å². The van der Waals surface area contributed by atoms with Crippen molar-refractivity contribution >= 4 is 17.7 Å². The molecule has 146 valence electrons. The lowest BCUT2D eigenvalue weighted by Gasteiger charge is -2.13. The SMILES string of the molecule is CC(=O)OCCc1nc(C(C)C)c(Sc2ccccc2)n1Cc1ccncc1. The number of hydrogen-bond acceptors (Lipinski definition) is 5.